The average Bonchev–Trinajstić information content (AvgIpc) is 3.28. The van der Waals surface area contributed by atoms with Crippen molar-refractivity contribution >= 4 is 27.9 Å². The number of hydrogen-bond acceptors (Lipinski definition) is 5. The minimum Gasteiger partial charge on any atom is -0.397 e. The van der Waals surface area contributed by atoms with E-state index in [4.69, 9.17) is 5.73 Å². The highest BCUT2D eigenvalue weighted by Crippen LogP contribution is 2.34. The first kappa shape index (κ1) is 22.3. The molecule has 6 nitrogen and oxygen atoms in total. The van der Waals surface area contributed by atoms with Gasteiger partial charge in [0, 0.05) is 58.0 Å². The molecule has 4 N–H and O–H groups in total. The molecule has 0 saturated heterocycles. The lowest BCUT2D eigenvalue weighted by Crippen LogP contribution is -2.09. The molecule has 0 amide bonds. The first-order valence-corrected chi connectivity index (χ1v) is 11.3. The fourth-order valence-corrected chi connectivity index (χ4v) is 4.12. The Labute approximate surface area is 202 Å². The molecule has 0 aliphatic rings. The molecule has 0 fully saturated rings. The number of aromatic amines is 1. The number of H-pyrrole nitrogens is 1. The molecule has 1 aromatic carbocycles. The number of anilines is 2. The van der Waals surface area contributed by atoms with Crippen LogP contribution >= 0.6 is 0 Å². The number of benzene rings is 1. The van der Waals surface area contributed by atoms with Crippen LogP contribution in [0.2, 0.25) is 0 Å². The number of fused-ring (bicyclic) bond motifs is 1. The number of hydrogen-bond donors (Lipinski definition) is 3. The molecule has 0 saturated carbocycles. The first-order valence-electron chi connectivity index (χ1n) is 11.3. The Morgan fingerprint density at radius 2 is 1.83 bits per heavy atom. The quantitative estimate of drug-likeness (QED) is 0.275. The van der Waals surface area contributed by atoms with Crippen LogP contribution in [0.3, 0.4) is 0 Å². The maximum Gasteiger partial charge on any atom is 0.123 e. The van der Waals surface area contributed by atoms with Gasteiger partial charge in [-0.1, -0.05) is 18.7 Å². The maximum atomic E-state index is 13.8. The lowest BCUT2D eigenvalue weighted by Gasteiger charge is -2.12. The lowest BCUT2D eigenvalue weighted by atomic mass is 10.00. The van der Waals surface area contributed by atoms with Crippen LogP contribution < -0.4 is 11.1 Å². The van der Waals surface area contributed by atoms with Crippen LogP contribution in [0, 0.1) is 5.82 Å². The SMILES string of the molecule is C=C(c1cc2c(-c3cccc(F)c3)cncc2[nH]1)c1cc(-c2cncc(NC(C)C)c2)ncc1N. The molecule has 4 heterocycles. The second-order valence-corrected chi connectivity index (χ2v) is 8.74. The number of pyridine rings is 3. The molecule has 0 aliphatic carbocycles. The standard InChI is InChI=1S/C28H25FN6/c1-16(2)34-21-8-19(11-31-12-21)27-9-22(25(30)14-33-27)17(3)26-10-23-24(13-32-15-28(23)35-26)18-5-4-6-20(29)7-18/h4-16,34-35H,3,30H2,1-2H3. The van der Waals surface area contributed by atoms with Gasteiger partial charge in [-0.3, -0.25) is 15.0 Å². The van der Waals surface area contributed by atoms with E-state index in [0.29, 0.717) is 5.69 Å². The summed E-state index contributed by atoms with van der Waals surface area (Å²) in [4.78, 5) is 16.6. The number of nitrogens with one attached hydrogen (secondary N) is 2. The molecule has 7 heteroatoms. The molecule has 0 unspecified atom stereocenters. The monoisotopic (exact) mass is 464 g/mol. The molecule has 5 rings (SSSR count). The zero-order valence-corrected chi connectivity index (χ0v) is 19.5. The molecule has 0 radical (unpaired) electrons. The fraction of sp³-hybridized carbons (Fsp3) is 0.107. The smallest absolute Gasteiger partial charge is 0.123 e. The molecule has 35 heavy (non-hydrogen) atoms. The normalized spacial score (nSPS) is 11.2. The van der Waals surface area contributed by atoms with Crippen molar-refractivity contribution < 1.29 is 4.39 Å². The van der Waals surface area contributed by atoms with Gasteiger partial charge in [0.2, 0.25) is 0 Å². The van der Waals surface area contributed by atoms with E-state index < -0.39 is 0 Å². The van der Waals surface area contributed by atoms with E-state index in [1.165, 1.54) is 12.1 Å². The molecule has 0 aliphatic heterocycles. The van der Waals surface area contributed by atoms with E-state index in [-0.39, 0.29) is 11.9 Å². The second kappa shape index (κ2) is 9.02. The Bertz CT molecular complexity index is 1550. The third kappa shape index (κ3) is 4.48. The van der Waals surface area contributed by atoms with E-state index in [2.05, 4.69) is 45.7 Å². The minimum atomic E-state index is -0.293. The Morgan fingerprint density at radius 1 is 1.00 bits per heavy atom. The van der Waals surface area contributed by atoms with Crippen molar-refractivity contribution in [2.75, 3.05) is 11.1 Å². The van der Waals surface area contributed by atoms with Crippen molar-refractivity contribution in [2.45, 2.75) is 19.9 Å². The highest BCUT2D eigenvalue weighted by molar-refractivity contribution is 5.98. The fourth-order valence-electron chi connectivity index (χ4n) is 4.12. The molecule has 0 spiro atoms. The van der Waals surface area contributed by atoms with Gasteiger partial charge in [-0.2, -0.15) is 0 Å². The van der Waals surface area contributed by atoms with Crippen molar-refractivity contribution in [1.82, 2.24) is 19.9 Å². The van der Waals surface area contributed by atoms with Gasteiger partial charge in [-0.05, 0) is 49.7 Å². The minimum absolute atomic E-state index is 0.288. The summed E-state index contributed by atoms with van der Waals surface area (Å²) in [6, 6.07) is 12.7. The average molecular weight is 465 g/mol. The third-order valence-electron chi connectivity index (χ3n) is 5.76. The van der Waals surface area contributed by atoms with Crippen LogP contribution in [0.1, 0.15) is 25.1 Å². The van der Waals surface area contributed by atoms with Crippen LogP contribution in [0.25, 0.3) is 38.9 Å². The molecule has 4 aromatic heterocycles. The molecule has 174 valence electrons. The van der Waals surface area contributed by atoms with Crippen LogP contribution in [0.15, 0.2) is 80.0 Å². The Morgan fingerprint density at radius 3 is 2.63 bits per heavy atom. The summed E-state index contributed by atoms with van der Waals surface area (Å²) in [5.41, 5.74) is 14.1. The van der Waals surface area contributed by atoms with Gasteiger partial charge in [0.1, 0.15) is 5.82 Å². The summed E-state index contributed by atoms with van der Waals surface area (Å²) in [6.45, 7) is 8.46. The second-order valence-electron chi connectivity index (χ2n) is 8.74. The van der Waals surface area contributed by atoms with Crippen molar-refractivity contribution in [1.29, 1.82) is 0 Å². The van der Waals surface area contributed by atoms with E-state index in [1.54, 1.807) is 37.1 Å². The summed E-state index contributed by atoms with van der Waals surface area (Å²) < 4.78 is 13.8. The number of nitrogens with two attached hydrogens (primary N) is 1. The van der Waals surface area contributed by atoms with Gasteiger partial charge in [0.15, 0.2) is 0 Å². The first-order chi connectivity index (χ1) is 16.9. The maximum absolute atomic E-state index is 13.8. The van der Waals surface area contributed by atoms with Gasteiger partial charge >= 0.3 is 0 Å². The highest BCUT2D eigenvalue weighted by Gasteiger charge is 2.15. The summed E-state index contributed by atoms with van der Waals surface area (Å²) in [5.74, 6) is -0.293. The van der Waals surface area contributed by atoms with E-state index in [1.807, 2.05) is 24.3 Å². The third-order valence-corrected chi connectivity index (χ3v) is 5.76. The topological polar surface area (TPSA) is 92.5 Å². The zero-order valence-electron chi connectivity index (χ0n) is 19.5. The zero-order chi connectivity index (χ0) is 24.5. The molecule has 0 atom stereocenters. The van der Waals surface area contributed by atoms with Crippen molar-refractivity contribution in [3.05, 3.63) is 97.1 Å². The molecular weight excluding hydrogens is 439 g/mol. The predicted octanol–water partition coefficient (Wildman–Crippen LogP) is 6.29. The van der Waals surface area contributed by atoms with Gasteiger partial charge < -0.3 is 16.0 Å². The van der Waals surface area contributed by atoms with Gasteiger partial charge in [-0.15, -0.1) is 0 Å². The number of aromatic nitrogens is 4. The summed E-state index contributed by atoms with van der Waals surface area (Å²) in [5, 5.41) is 4.28. The molecule has 5 aromatic rings. The summed E-state index contributed by atoms with van der Waals surface area (Å²) >= 11 is 0. The number of nitrogens with zero attached hydrogens (tertiary/aromatic N) is 3. The highest BCUT2D eigenvalue weighted by atomic mass is 19.1. The number of rotatable bonds is 6. The Kier molecular flexibility index (Phi) is 5.74. The summed E-state index contributed by atoms with van der Waals surface area (Å²) in [6.07, 6.45) is 8.68. The van der Waals surface area contributed by atoms with Crippen molar-refractivity contribution in [3.63, 3.8) is 0 Å². The molecule has 0 bridgehead atoms. The van der Waals surface area contributed by atoms with E-state index >= 15 is 0 Å². The van der Waals surface area contributed by atoms with Crippen molar-refractivity contribution in [3.8, 4) is 22.4 Å². The molecular formula is C28H25FN6. The van der Waals surface area contributed by atoms with Crippen LogP contribution in [0.4, 0.5) is 15.8 Å². The van der Waals surface area contributed by atoms with Gasteiger partial charge in [0.25, 0.3) is 0 Å². The Balaban J connectivity index is 1.54. The van der Waals surface area contributed by atoms with Crippen LogP contribution in [-0.2, 0) is 0 Å². The number of nitrogen functional groups attached to an aromatic ring is 1. The Hall–Kier alpha value is -4.52. The lowest BCUT2D eigenvalue weighted by molar-refractivity contribution is 0.628. The van der Waals surface area contributed by atoms with Crippen molar-refractivity contribution in [2.24, 2.45) is 0 Å². The summed E-state index contributed by atoms with van der Waals surface area (Å²) in [7, 11) is 0. The van der Waals surface area contributed by atoms with Crippen LogP contribution in [0.5, 0.6) is 0 Å². The largest absolute Gasteiger partial charge is 0.397 e. The van der Waals surface area contributed by atoms with Gasteiger partial charge in [-0.25, -0.2) is 4.39 Å². The number of halogens is 1. The van der Waals surface area contributed by atoms with Crippen LogP contribution in [-0.4, -0.2) is 26.0 Å². The van der Waals surface area contributed by atoms with E-state index in [0.717, 1.165) is 55.8 Å². The van der Waals surface area contributed by atoms with E-state index in [9.17, 15) is 4.39 Å². The predicted molar refractivity (Wildman–Crippen MR) is 140 cm³/mol. The van der Waals surface area contributed by atoms with Gasteiger partial charge in [0.05, 0.1) is 35.0 Å².